The number of likely N-dealkylation sites (tertiary alicyclic amines) is 1. The van der Waals surface area contributed by atoms with Gasteiger partial charge >= 0.3 is 0 Å². The van der Waals surface area contributed by atoms with Crippen molar-refractivity contribution in [1.82, 2.24) is 4.90 Å². The highest BCUT2D eigenvalue weighted by Crippen LogP contribution is 2.31. The normalized spacial score (nSPS) is 15.6. The third-order valence-electron chi connectivity index (χ3n) is 6.78. The van der Waals surface area contributed by atoms with Crippen LogP contribution in [0.2, 0.25) is 5.02 Å². The molecule has 0 aromatic heterocycles. The molecule has 0 radical (unpaired) electrons. The van der Waals surface area contributed by atoms with Crippen LogP contribution in [0.25, 0.3) is 0 Å². The van der Waals surface area contributed by atoms with Gasteiger partial charge in [0.1, 0.15) is 17.7 Å². The van der Waals surface area contributed by atoms with E-state index in [1.165, 1.54) is 17.7 Å². The highest BCUT2D eigenvalue weighted by atomic mass is 35.5. The van der Waals surface area contributed by atoms with Crippen molar-refractivity contribution in [1.29, 1.82) is 0 Å². The van der Waals surface area contributed by atoms with Gasteiger partial charge in [0.2, 0.25) is 5.91 Å². The molecule has 1 heterocycles. The number of benzene rings is 3. The smallest absolute Gasteiger partial charge is 0.226 e. The monoisotopic (exact) mass is 508 g/mol. The molecule has 0 bridgehead atoms. The Balaban J connectivity index is 1.34. The molecule has 190 valence electrons. The standard InChI is InChI=1S/C30H34ClFN2O2/c1-21(2)30(35)33-27-5-3-4-24(20-27)22-14-17-34(18-15-22)19-16-29(23-6-8-25(31)9-7-23)36-28-12-10-26(32)11-13-28/h3-13,20-22,29H,14-19H2,1-2H3,(H,33,35). The molecular formula is C30H34ClFN2O2. The van der Waals surface area contributed by atoms with E-state index in [1.807, 2.05) is 50.2 Å². The van der Waals surface area contributed by atoms with E-state index in [2.05, 4.69) is 22.3 Å². The molecule has 0 aliphatic carbocycles. The van der Waals surface area contributed by atoms with Crippen LogP contribution in [0, 0.1) is 11.7 Å². The van der Waals surface area contributed by atoms with Crippen LogP contribution in [0.5, 0.6) is 5.75 Å². The Morgan fingerprint density at radius 1 is 1.06 bits per heavy atom. The molecule has 0 saturated carbocycles. The Morgan fingerprint density at radius 2 is 1.75 bits per heavy atom. The van der Waals surface area contributed by atoms with Gasteiger partial charge in [-0.2, -0.15) is 0 Å². The van der Waals surface area contributed by atoms with Crippen molar-refractivity contribution < 1.29 is 13.9 Å². The van der Waals surface area contributed by atoms with Crippen molar-refractivity contribution in [2.24, 2.45) is 5.92 Å². The fourth-order valence-corrected chi connectivity index (χ4v) is 4.72. The summed E-state index contributed by atoms with van der Waals surface area (Å²) in [7, 11) is 0. The first-order chi connectivity index (χ1) is 17.4. The third-order valence-corrected chi connectivity index (χ3v) is 7.03. The number of nitrogens with zero attached hydrogens (tertiary/aromatic N) is 1. The van der Waals surface area contributed by atoms with Crippen LogP contribution in [0.15, 0.2) is 72.8 Å². The highest BCUT2D eigenvalue weighted by Gasteiger charge is 2.23. The summed E-state index contributed by atoms with van der Waals surface area (Å²) < 4.78 is 19.6. The Kier molecular flexibility index (Phi) is 9.00. The molecule has 3 aromatic carbocycles. The Bertz CT molecular complexity index is 1130. The minimum absolute atomic E-state index is 0.0411. The lowest BCUT2D eigenvalue weighted by Crippen LogP contribution is -2.34. The number of piperidine rings is 1. The number of carbonyl (C=O) groups is 1. The van der Waals surface area contributed by atoms with Gasteiger partial charge in [0.15, 0.2) is 0 Å². The predicted octanol–water partition coefficient (Wildman–Crippen LogP) is 7.46. The van der Waals surface area contributed by atoms with Gasteiger partial charge in [-0.15, -0.1) is 0 Å². The van der Waals surface area contributed by atoms with E-state index in [0.29, 0.717) is 16.7 Å². The average Bonchev–Trinajstić information content (AvgIpc) is 2.88. The number of hydrogen-bond donors (Lipinski definition) is 1. The number of carbonyl (C=O) groups excluding carboxylic acids is 1. The first-order valence-corrected chi connectivity index (χ1v) is 13.1. The molecule has 4 nitrogen and oxygen atoms in total. The summed E-state index contributed by atoms with van der Waals surface area (Å²) in [5, 5.41) is 3.70. The quantitative estimate of drug-likeness (QED) is 0.326. The minimum atomic E-state index is -0.277. The van der Waals surface area contributed by atoms with Crippen molar-refractivity contribution in [3.8, 4) is 5.75 Å². The molecule has 1 aliphatic heterocycles. The second kappa shape index (κ2) is 12.4. The van der Waals surface area contributed by atoms with E-state index in [-0.39, 0.29) is 23.7 Å². The number of halogens is 2. The van der Waals surface area contributed by atoms with Gasteiger partial charge in [0.25, 0.3) is 0 Å². The molecule has 1 saturated heterocycles. The lowest BCUT2D eigenvalue weighted by Gasteiger charge is -2.33. The van der Waals surface area contributed by atoms with E-state index < -0.39 is 0 Å². The van der Waals surface area contributed by atoms with Crippen LogP contribution >= 0.6 is 11.6 Å². The maximum absolute atomic E-state index is 13.4. The molecule has 1 aliphatic rings. The second-order valence-electron chi connectivity index (χ2n) is 9.79. The molecule has 1 atom stereocenters. The summed E-state index contributed by atoms with van der Waals surface area (Å²) in [6.45, 7) is 6.73. The van der Waals surface area contributed by atoms with Crippen LogP contribution in [0.4, 0.5) is 10.1 Å². The summed E-state index contributed by atoms with van der Waals surface area (Å²) >= 11 is 6.09. The Labute approximate surface area is 218 Å². The van der Waals surface area contributed by atoms with Crippen LogP contribution < -0.4 is 10.1 Å². The maximum Gasteiger partial charge on any atom is 0.226 e. The minimum Gasteiger partial charge on any atom is -0.486 e. The third kappa shape index (κ3) is 7.31. The summed E-state index contributed by atoms with van der Waals surface area (Å²) in [5.41, 5.74) is 3.21. The van der Waals surface area contributed by atoms with Crippen molar-refractivity contribution in [2.75, 3.05) is 25.0 Å². The predicted molar refractivity (Wildman–Crippen MR) is 144 cm³/mol. The van der Waals surface area contributed by atoms with Gasteiger partial charge < -0.3 is 15.0 Å². The maximum atomic E-state index is 13.4. The second-order valence-corrected chi connectivity index (χ2v) is 10.2. The average molecular weight is 509 g/mol. The zero-order valence-electron chi connectivity index (χ0n) is 20.9. The molecule has 36 heavy (non-hydrogen) atoms. The fraction of sp³-hybridized carbons (Fsp3) is 0.367. The largest absolute Gasteiger partial charge is 0.486 e. The summed E-state index contributed by atoms with van der Waals surface area (Å²) in [6.07, 6.45) is 2.82. The molecule has 1 fully saturated rings. The van der Waals surface area contributed by atoms with Crippen LogP contribution in [0.1, 0.15) is 56.3 Å². The molecule has 3 aromatic rings. The SMILES string of the molecule is CC(C)C(=O)Nc1cccc(C2CCN(CCC(Oc3ccc(F)cc3)c3ccc(Cl)cc3)CC2)c1. The van der Waals surface area contributed by atoms with Crippen molar-refractivity contribution >= 4 is 23.2 Å². The van der Waals surface area contributed by atoms with E-state index in [0.717, 1.165) is 50.1 Å². The first kappa shape index (κ1) is 26.2. The van der Waals surface area contributed by atoms with Gasteiger partial charge in [0, 0.05) is 29.6 Å². The van der Waals surface area contributed by atoms with Gasteiger partial charge in [-0.3, -0.25) is 4.79 Å². The summed E-state index contributed by atoms with van der Waals surface area (Å²) in [6, 6.07) is 22.2. The number of anilines is 1. The number of hydrogen-bond acceptors (Lipinski definition) is 3. The van der Waals surface area contributed by atoms with E-state index >= 15 is 0 Å². The first-order valence-electron chi connectivity index (χ1n) is 12.7. The Morgan fingerprint density at radius 3 is 2.42 bits per heavy atom. The topological polar surface area (TPSA) is 41.6 Å². The van der Waals surface area contributed by atoms with Crippen molar-refractivity contribution in [3.63, 3.8) is 0 Å². The zero-order valence-corrected chi connectivity index (χ0v) is 21.7. The van der Waals surface area contributed by atoms with Gasteiger partial charge in [0.05, 0.1) is 0 Å². The van der Waals surface area contributed by atoms with Crippen molar-refractivity contribution in [2.45, 2.75) is 45.1 Å². The van der Waals surface area contributed by atoms with E-state index in [9.17, 15) is 9.18 Å². The summed E-state index contributed by atoms with van der Waals surface area (Å²) in [4.78, 5) is 14.6. The van der Waals surface area contributed by atoms with Crippen molar-refractivity contribution in [3.05, 3.63) is 94.8 Å². The molecule has 4 rings (SSSR count). The molecule has 1 amide bonds. The molecule has 1 unspecified atom stereocenters. The molecule has 0 spiro atoms. The van der Waals surface area contributed by atoms with Crippen LogP contribution in [-0.2, 0) is 4.79 Å². The number of nitrogens with one attached hydrogen (secondary N) is 1. The van der Waals surface area contributed by atoms with E-state index in [1.54, 1.807) is 12.1 Å². The lowest BCUT2D eigenvalue weighted by atomic mass is 9.89. The summed E-state index contributed by atoms with van der Waals surface area (Å²) in [5.74, 6) is 0.862. The molecular weight excluding hydrogens is 475 g/mol. The zero-order chi connectivity index (χ0) is 25.5. The molecule has 6 heteroatoms. The van der Waals surface area contributed by atoms with Gasteiger partial charge in [-0.05, 0) is 91.5 Å². The van der Waals surface area contributed by atoms with Gasteiger partial charge in [-0.25, -0.2) is 4.39 Å². The number of ether oxygens (including phenoxy) is 1. The fourth-order valence-electron chi connectivity index (χ4n) is 4.60. The molecule has 1 N–H and O–H groups in total. The lowest BCUT2D eigenvalue weighted by molar-refractivity contribution is -0.118. The van der Waals surface area contributed by atoms with E-state index in [4.69, 9.17) is 16.3 Å². The van der Waals surface area contributed by atoms with Gasteiger partial charge in [-0.1, -0.05) is 49.7 Å². The number of amides is 1. The number of rotatable bonds is 9. The highest BCUT2D eigenvalue weighted by molar-refractivity contribution is 6.30. The van der Waals surface area contributed by atoms with Crippen LogP contribution in [-0.4, -0.2) is 30.4 Å². The van der Waals surface area contributed by atoms with Crippen LogP contribution in [0.3, 0.4) is 0 Å². The Hall–Kier alpha value is -2.89.